The number of fused-ring (bicyclic) bond motifs is 1. The Labute approximate surface area is 107 Å². The predicted octanol–water partition coefficient (Wildman–Crippen LogP) is 4.11. The zero-order chi connectivity index (χ0) is 12.4. The van der Waals surface area contributed by atoms with Crippen molar-refractivity contribution in [1.29, 1.82) is 0 Å². The minimum absolute atomic E-state index is 0.242. The van der Waals surface area contributed by atoms with Gasteiger partial charge in [-0.25, -0.2) is 0 Å². The predicted molar refractivity (Wildman–Crippen MR) is 73.1 cm³/mol. The molecule has 0 aliphatic heterocycles. The van der Waals surface area contributed by atoms with E-state index in [0.29, 0.717) is 11.7 Å². The second kappa shape index (κ2) is 4.89. The Morgan fingerprint density at radius 3 is 2.44 bits per heavy atom. The van der Waals surface area contributed by atoms with Gasteiger partial charge >= 0.3 is 0 Å². The lowest BCUT2D eigenvalue weighted by Gasteiger charge is -2.13. The molecular formula is C16H18O2. The number of ether oxygens (including phenoxy) is 1. The second-order valence-electron chi connectivity index (χ2n) is 5.13. The summed E-state index contributed by atoms with van der Waals surface area (Å²) in [5, 5.41) is 12.1. The molecular weight excluding hydrogens is 224 g/mol. The van der Waals surface area contributed by atoms with E-state index in [1.807, 2.05) is 30.3 Å². The van der Waals surface area contributed by atoms with E-state index in [4.69, 9.17) is 4.74 Å². The zero-order valence-corrected chi connectivity index (χ0v) is 10.4. The molecule has 1 saturated carbocycles. The molecule has 3 rings (SSSR count). The molecule has 0 heterocycles. The van der Waals surface area contributed by atoms with Gasteiger partial charge in [0.15, 0.2) is 11.5 Å². The molecule has 0 atom stereocenters. The van der Waals surface area contributed by atoms with Crippen LogP contribution in [0.25, 0.3) is 10.8 Å². The fraction of sp³-hybridized carbons (Fsp3) is 0.375. The van der Waals surface area contributed by atoms with E-state index in [2.05, 4.69) is 0 Å². The molecule has 0 radical (unpaired) electrons. The van der Waals surface area contributed by atoms with E-state index in [0.717, 1.165) is 17.4 Å². The molecule has 0 bridgehead atoms. The number of hydrogen-bond acceptors (Lipinski definition) is 2. The van der Waals surface area contributed by atoms with Crippen LogP contribution in [0.3, 0.4) is 0 Å². The maximum atomic E-state index is 9.96. The van der Waals surface area contributed by atoms with Gasteiger partial charge in [0.1, 0.15) is 0 Å². The minimum Gasteiger partial charge on any atom is -0.504 e. The van der Waals surface area contributed by atoms with Crippen molar-refractivity contribution < 1.29 is 9.84 Å². The highest BCUT2D eigenvalue weighted by Crippen LogP contribution is 2.33. The molecule has 2 heteroatoms. The Morgan fingerprint density at radius 1 is 1.06 bits per heavy atom. The van der Waals surface area contributed by atoms with Gasteiger partial charge in [0.2, 0.25) is 0 Å². The molecule has 1 aliphatic carbocycles. The smallest absolute Gasteiger partial charge is 0.161 e. The van der Waals surface area contributed by atoms with Crippen molar-refractivity contribution in [3.05, 3.63) is 36.4 Å². The van der Waals surface area contributed by atoms with Crippen LogP contribution in [0.15, 0.2) is 36.4 Å². The van der Waals surface area contributed by atoms with Crippen LogP contribution in [0.1, 0.15) is 25.7 Å². The topological polar surface area (TPSA) is 29.5 Å². The fourth-order valence-corrected chi connectivity index (χ4v) is 2.71. The maximum Gasteiger partial charge on any atom is 0.161 e. The molecule has 94 valence electrons. The lowest BCUT2D eigenvalue weighted by atomic mass is 10.1. The lowest BCUT2D eigenvalue weighted by molar-refractivity contribution is 0.243. The molecule has 0 unspecified atom stereocenters. The number of phenols is 1. The highest BCUT2D eigenvalue weighted by molar-refractivity contribution is 5.85. The van der Waals surface area contributed by atoms with Crippen molar-refractivity contribution >= 4 is 10.8 Å². The number of rotatable bonds is 3. The van der Waals surface area contributed by atoms with Crippen molar-refractivity contribution in [2.75, 3.05) is 6.61 Å². The summed E-state index contributed by atoms with van der Waals surface area (Å²) in [5.41, 5.74) is 0. The van der Waals surface area contributed by atoms with E-state index in [1.54, 1.807) is 6.07 Å². The summed E-state index contributed by atoms with van der Waals surface area (Å²) < 4.78 is 5.78. The first-order chi connectivity index (χ1) is 8.83. The average Bonchev–Trinajstić information content (AvgIpc) is 2.89. The molecule has 2 nitrogen and oxygen atoms in total. The zero-order valence-electron chi connectivity index (χ0n) is 10.4. The summed E-state index contributed by atoms with van der Waals surface area (Å²) in [7, 11) is 0. The van der Waals surface area contributed by atoms with Crippen LogP contribution in [0.4, 0.5) is 0 Å². The molecule has 1 fully saturated rings. The highest BCUT2D eigenvalue weighted by atomic mass is 16.5. The van der Waals surface area contributed by atoms with Crippen molar-refractivity contribution in [3.8, 4) is 11.5 Å². The van der Waals surface area contributed by atoms with Gasteiger partial charge in [-0.3, -0.25) is 0 Å². The molecule has 0 amide bonds. The molecule has 2 aromatic rings. The summed E-state index contributed by atoms with van der Waals surface area (Å²) in [6.07, 6.45) is 5.15. The Kier molecular flexibility index (Phi) is 3.09. The van der Waals surface area contributed by atoms with E-state index in [1.165, 1.54) is 25.7 Å². The third-order valence-electron chi connectivity index (χ3n) is 3.78. The lowest BCUT2D eigenvalue weighted by Crippen LogP contribution is -2.08. The summed E-state index contributed by atoms with van der Waals surface area (Å²) >= 11 is 0. The van der Waals surface area contributed by atoms with Gasteiger partial charge in [-0.15, -0.1) is 0 Å². The van der Waals surface area contributed by atoms with E-state index in [9.17, 15) is 5.11 Å². The summed E-state index contributed by atoms with van der Waals surface area (Å²) in [5.74, 6) is 1.52. The van der Waals surface area contributed by atoms with Crippen LogP contribution in [-0.2, 0) is 0 Å². The Bertz CT molecular complexity index is 542. The number of phenolic OH excluding ortho intramolecular Hbond substituents is 1. The summed E-state index contributed by atoms with van der Waals surface area (Å²) in [6.45, 7) is 0.728. The van der Waals surface area contributed by atoms with Gasteiger partial charge in [0, 0.05) is 0 Å². The Hall–Kier alpha value is -1.70. The first-order valence-corrected chi connectivity index (χ1v) is 6.67. The number of benzene rings is 2. The number of aromatic hydroxyl groups is 1. The van der Waals surface area contributed by atoms with Gasteiger partial charge < -0.3 is 9.84 Å². The SMILES string of the molecule is Oc1cc2ccccc2cc1OCC1CCCC1. The van der Waals surface area contributed by atoms with Crippen LogP contribution in [0.2, 0.25) is 0 Å². The molecule has 0 aromatic heterocycles. The number of hydrogen-bond donors (Lipinski definition) is 1. The van der Waals surface area contributed by atoms with Gasteiger partial charge in [-0.2, -0.15) is 0 Å². The highest BCUT2D eigenvalue weighted by Gasteiger charge is 2.16. The van der Waals surface area contributed by atoms with Gasteiger partial charge in [-0.05, 0) is 41.7 Å². The largest absolute Gasteiger partial charge is 0.504 e. The van der Waals surface area contributed by atoms with Crippen molar-refractivity contribution in [2.45, 2.75) is 25.7 Å². The first kappa shape index (κ1) is 11.4. The maximum absolute atomic E-state index is 9.96. The minimum atomic E-state index is 0.242. The molecule has 1 aliphatic rings. The standard InChI is InChI=1S/C16H18O2/c17-15-9-13-7-3-4-8-14(13)10-16(15)18-11-12-5-1-2-6-12/h3-4,7-10,12,17H,1-2,5-6,11H2. The molecule has 1 N–H and O–H groups in total. The third-order valence-corrected chi connectivity index (χ3v) is 3.78. The van der Waals surface area contributed by atoms with Crippen LogP contribution in [0.5, 0.6) is 11.5 Å². The fourth-order valence-electron chi connectivity index (χ4n) is 2.71. The molecule has 0 spiro atoms. The second-order valence-corrected chi connectivity index (χ2v) is 5.13. The Morgan fingerprint density at radius 2 is 1.72 bits per heavy atom. The Balaban J connectivity index is 1.80. The van der Waals surface area contributed by atoms with Crippen LogP contribution in [0, 0.1) is 5.92 Å². The normalized spacial score (nSPS) is 16.2. The average molecular weight is 242 g/mol. The van der Waals surface area contributed by atoms with E-state index < -0.39 is 0 Å². The third kappa shape index (κ3) is 2.28. The van der Waals surface area contributed by atoms with Crippen LogP contribution >= 0.6 is 0 Å². The van der Waals surface area contributed by atoms with Gasteiger partial charge in [0.05, 0.1) is 6.61 Å². The summed E-state index contributed by atoms with van der Waals surface area (Å²) in [4.78, 5) is 0. The monoisotopic (exact) mass is 242 g/mol. The van der Waals surface area contributed by atoms with Gasteiger partial charge in [-0.1, -0.05) is 37.1 Å². The molecule has 0 saturated heterocycles. The van der Waals surface area contributed by atoms with Crippen molar-refractivity contribution in [2.24, 2.45) is 5.92 Å². The quantitative estimate of drug-likeness (QED) is 0.877. The first-order valence-electron chi connectivity index (χ1n) is 6.67. The molecule has 2 aromatic carbocycles. The van der Waals surface area contributed by atoms with Crippen molar-refractivity contribution in [1.82, 2.24) is 0 Å². The van der Waals surface area contributed by atoms with E-state index in [-0.39, 0.29) is 5.75 Å². The van der Waals surface area contributed by atoms with Crippen LogP contribution in [-0.4, -0.2) is 11.7 Å². The molecule has 18 heavy (non-hydrogen) atoms. The summed E-state index contributed by atoms with van der Waals surface area (Å²) in [6, 6.07) is 11.7. The van der Waals surface area contributed by atoms with Crippen LogP contribution < -0.4 is 4.74 Å². The van der Waals surface area contributed by atoms with Gasteiger partial charge in [0.25, 0.3) is 0 Å². The van der Waals surface area contributed by atoms with E-state index >= 15 is 0 Å². The van der Waals surface area contributed by atoms with Crippen molar-refractivity contribution in [3.63, 3.8) is 0 Å².